The van der Waals surface area contributed by atoms with Gasteiger partial charge in [0, 0.05) is 19.1 Å². The second-order valence-electron chi connectivity index (χ2n) is 5.65. The van der Waals surface area contributed by atoms with Gasteiger partial charge in [-0.15, -0.1) is 0 Å². The topological polar surface area (TPSA) is 63.4 Å². The van der Waals surface area contributed by atoms with E-state index in [1.54, 1.807) is 0 Å². The van der Waals surface area contributed by atoms with E-state index in [0.717, 1.165) is 10.8 Å². The summed E-state index contributed by atoms with van der Waals surface area (Å²) in [5, 5.41) is 4.54. The second kappa shape index (κ2) is 7.13. The molecule has 3 N–H and O–H groups in total. The van der Waals surface area contributed by atoms with E-state index < -0.39 is 0 Å². The number of nitrogens with one attached hydrogen (secondary N) is 1. The summed E-state index contributed by atoms with van der Waals surface area (Å²) in [7, 11) is 0. The van der Waals surface area contributed by atoms with Gasteiger partial charge in [-0.05, 0) is 51.2 Å². The standard InChI is InChI=1S/C14H26N4OS/c1-4-7-18-8-5-11(6-9-18)16-14-12(19-10(2)3)13(15)17-20-14/h10-11,16H,4-9H2,1-3H3,(H2,15,17). The first kappa shape index (κ1) is 15.4. The minimum Gasteiger partial charge on any atom is -0.484 e. The van der Waals surface area contributed by atoms with Crippen molar-refractivity contribution >= 4 is 22.4 Å². The predicted octanol–water partition coefficient (Wildman–Crippen LogP) is 2.80. The van der Waals surface area contributed by atoms with Crippen molar-refractivity contribution in [2.24, 2.45) is 0 Å². The average Bonchev–Trinajstić information content (AvgIpc) is 2.74. The van der Waals surface area contributed by atoms with Crippen LogP contribution in [0.3, 0.4) is 0 Å². The summed E-state index contributed by atoms with van der Waals surface area (Å²) in [6, 6.07) is 0.498. The summed E-state index contributed by atoms with van der Waals surface area (Å²) in [5.74, 6) is 1.22. The van der Waals surface area contributed by atoms with Gasteiger partial charge in [-0.3, -0.25) is 0 Å². The van der Waals surface area contributed by atoms with Gasteiger partial charge in [0.2, 0.25) is 0 Å². The van der Waals surface area contributed by atoms with Gasteiger partial charge >= 0.3 is 0 Å². The first-order valence-corrected chi connectivity index (χ1v) is 8.28. The summed E-state index contributed by atoms with van der Waals surface area (Å²) in [5.41, 5.74) is 5.88. The summed E-state index contributed by atoms with van der Waals surface area (Å²) < 4.78 is 9.97. The highest BCUT2D eigenvalue weighted by molar-refractivity contribution is 7.11. The number of likely N-dealkylation sites (tertiary alicyclic amines) is 1. The second-order valence-corrected chi connectivity index (χ2v) is 6.43. The summed E-state index contributed by atoms with van der Waals surface area (Å²) in [6.07, 6.45) is 3.67. The number of aromatic nitrogens is 1. The highest BCUT2D eigenvalue weighted by Gasteiger charge is 2.22. The highest BCUT2D eigenvalue weighted by atomic mass is 32.1. The molecule has 0 radical (unpaired) electrons. The Morgan fingerprint density at radius 2 is 2.15 bits per heavy atom. The molecule has 1 fully saturated rings. The van der Waals surface area contributed by atoms with Crippen LogP contribution in [0.2, 0.25) is 0 Å². The van der Waals surface area contributed by atoms with E-state index in [1.807, 2.05) is 13.8 Å². The van der Waals surface area contributed by atoms with Crippen LogP contribution in [0.15, 0.2) is 0 Å². The SMILES string of the molecule is CCCN1CCC(Nc2snc(N)c2OC(C)C)CC1. The Morgan fingerprint density at radius 3 is 2.75 bits per heavy atom. The van der Waals surface area contributed by atoms with Crippen LogP contribution in [0.1, 0.15) is 40.0 Å². The largest absolute Gasteiger partial charge is 0.484 e. The molecule has 0 amide bonds. The number of rotatable bonds is 6. The first-order valence-electron chi connectivity index (χ1n) is 7.50. The zero-order valence-electron chi connectivity index (χ0n) is 12.7. The molecular formula is C14H26N4OS. The zero-order chi connectivity index (χ0) is 14.5. The van der Waals surface area contributed by atoms with Gasteiger partial charge in [0.15, 0.2) is 16.6 Å². The van der Waals surface area contributed by atoms with E-state index in [4.69, 9.17) is 10.5 Å². The molecule has 1 aromatic rings. The molecule has 0 bridgehead atoms. The van der Waals surface area contributed by atoms with Crippen LogP contribution < -0.4 is 15.8 Å². The molecule has 1 aliphatic heterocycles. The van der Waals surface area contributed by atoms with Gasteiger partial charge in [-0.2, -0.15) is 4.37 Å². The van der Waals surface area contributed by atoms with Crippen molar-refractivity contribution in [1.29, 1.82) is 0 Å². The number of nitrogens with two attached hydrogens (primary N) is 1. The van der Waals surface area contributed by atoms with E-state index in [1.165, 1.54) is 50.4 Å². The highest BCUT2D eigenvalue weighted by Crippen LogP contribution is 2.37. The fourth-order valence-corrected chi connectivity index (χ4v) is 3.27. The van der Waals surface area contributed by atoms with Gasteiger partial charge in [0.05, 0.1) is 6.10 Å². The molecule has 2 rings (SSSR count). The lowest BCUT2D eigenvalue weighted by atomic mass is 10.1. The summed E-state index contributed by atoms with van der Waals surface area (Å²) in [4.78, 5) is 2.53. The van der Waals surface area contributed by atoms with Gasteiger partial charge in [-0.25, -0.2) is 0 Å². The van der Waals surface area contributed by atoms with Gasteiger partial charge in [0.1, 0.15) is 0 Å². The molecule has 1 saturated heterocycles. The average molecular weight is 298 g/mol. The maximum absolute atomic E-state index is 5.88. The lowest BCUT2D eigenvalue weighted by Crippen LogP contribution is -2.39. The molecule has 2 heterocycles. The van der Waals surface area contributed by atoms with Crippen molar-refractivity contribution in [3.8, 4) is 5.75 Å². The van der Waals surface area contributed by atoms with Crippen molar-refractivity contribution in [3.05, 3.63) is 0 Å². The maximum atomic E-state index is 5.88. The molecule has 0 aromatic carbocycles. The molecular weight excluding hydrogens is 272 g/mol. The zero-order valence-corrected chi connectivity index (χ0v) is 13.5. The number of piperidine rings is 1. The third-order valence-corrected chi connectivity index (χ3v) is 4.26. The lowest BCUT2D eigenvalue weighted by molar-refractivity contribution is 0.218. The fraction of sp³-hybridized carbons (Fsp3) is 0.786. The molecule has 0 aliphatic carbocycles. The van der Waals surface area contributed by atoms with Gasteiger partial charge < -0.3 is 20.7 Å². The van der Waals surface area contributed by atoms with Crippen LogP contribution in [0, 0.1) is 0 Å². The molecule has 0 spiro atoms. The van der Waals surface area contributed by atoms with Crippen LogP contribution in [-0.4, -0.2) is 41.1 Å². The smallest absolute Gasteiger partial charge is 0.197 e. The van der Waals surface area contributed by atoms with E-state index in [-0.39, 0.29) is 6.10 Å². The Morgan fingerprint density at radius 1 is 1.45 bits per heavy atom. The molecule has 1 aromatic heterocycles. The summed E-state index contributed by atoms with van der Waals surface area (Å²) in [6.45, 7) is 9.79. The number of nitrogens with zero attached hydrogens (tertiary/aromatic N) is 2. The van der Waals surface area contributed by atoms with Crippen LogP contribution >= 0.6 is 11.5 Å². The maximum Gasteiger partial charge on any atom is 0.197 e. The van der Waals surface area contributed by atoms with Crippen molar-refractivity contribution in [1.82, 2.24) is 9.27 Å². The lowest BCUT2D eigenvalue weighted by Gasteiger charge is -2.32. The Bertz CT molecular complexity index is 413. The Labute approximate surface area is 125 Å². The van der Waals surface area contributed by atoms with Crippen LogP contribution in [0.25, 0.3) is 0 Å². The molecule has 6 heteroatoms. The van der Waals surface area contributed by atoms with Crippen LogP contribution in [-0.2, 0) is 0 Å². The molecule has 114 valence electrons. The number of hydrogen-bond acceptors (Lipinski definition) is 6. The van der Waals surface area contributed by atoms with Gasteiger partial charge in [0.25, 0.3) is 0 Å². The molecule has 20 heavy (non-hydrogen) atoms. The number of nitrogen functional groups attached to an aromatic ring is 1. The van der Waals surface area contributed by atoms with E-state index >= 15 is 0 Å². The van der Waals surface area contributed by atoms with Crippen molar-refractivity contribution in [3.63, 3.8) is 0 Å². The monoisotopic (exact) mass is 298 g/mol. The minimum atomic E-state index is 0.112. The van der Waals surface area contributed by atoms with Crippen molar-refractivity contribution in [2.75, 3.05) is 30.7 Å². The first-order chi connectivity index (χ1) is 9.60. The molecule has 5 nitrogen and oxygen atoms in total. The molecule has 0 atom stereocenters. The number of hydrogen-bond donors (Lipinski definition) is 2. The summed E-state index contributed by atoms with van der Waals surface area (Å²) >= 11 is 1.40. The third-order valence-electron chi connectivity index (χ3n) is 3.49. The number of ether oxygens (including phenoxy) is 1. The van der Waals surface area contributed by atoms with E-state index in [9.17, 15) is 0 Å². The number of anilines is 2. The van der Waals surface area contributed by atoms with Crippen LogP contribution in [0.4, 0.5) is 10.8 Å². The minimum absolute atomic E-state index is 0.112. The van der Waals surface area contributed by atoms with E-state index in [0.29, 0.717) is 11.9 Å². The molecule has 0 saturated carbocycles. The molecule has 0 unspecified atom stereocenters. The van der Waals surface area contributed by atoms with Crippen molar-refractivity contribution < 1.29 is 4.74 Å². The third kappa shape index (κ3) is 3.99. The quantitative estimate of drug-likeness (QED) is 0.845. The van der Waals surface area contributed by atoms with Crippen molar-refractivity contribution in [2.45, 2.75) is 52.2 Å². The Kier molecular flexibility index (Phi) is 5.48. The molecule has 1 aliphatic rings. The normalized spacial score (nSPS) is 17.6. The Balaban J connectivity index is 1.91. The van der Waals surface area contributed by atoms with E-state index in [2.05, 4.69) is 21.5 Å². The fourth-order valence-electron chi connectivity index (χ4n) is 2.54. The van der Waals surface area contributed by atoms with Crippen LogP contribution in [0.5, 0.6) is 5.75 Å². The predicted molar refractivity (Wildman–Crippen MR) is 85.7 cm³/mol. The Hall–Kier alpha value is -1.01. The van der Waals surface area contributed by atoms with Gasteiger partial charge in [-0.1, -0.05) is 6.92 Å².